The fourth-order valence-corrected chi connectivity index (χ4v) is 2.34. The number of ether oxygens (including phenoxy) is 1. The summed E-state index contributed by atoms with van der Waals surface area (Å²) in [5.41, 5.74) is 2.62. The molecule has 1 aromatic carbocycles. The van der Waals surface area contributed by atoms with Crippen LogP contribution in [0.5, 0.6) is 5.75 Å². The van der Waals surface area contributed by atoms with E-state index in [1.807, 2.05) is 0 Å². The molecule has 1 rings (SSSR count). The van der Waals surface area contributed by atoms with Crippen molar-refractivity contribution in [3.05, 3.63) is 29.3 Å². The second-order valence-corrected chi connectivity index (χ2v) is 5.05. The lowest BCUT2D eigenvalue weighted by atomic mass is 9.88. The predicted octanol–water partition coefficient (Wildman–Crippen LogP) is 4.73. The third-order valence-electron chi connectivity index (χ3n) is 3.35. The smallest absolute Gasteiger partial charge is 0.122 e. The topological polar surface area (TPSA) is 9.23 Å². The number of rotatable bonds is 6. The molecule has 1 nitrogen and oxygen atoms in total. The van der Waals surface area contributed by atoms with Crippen LogP contribution in [0.1, 0.15) is 63.0 Å². The number of terminal acetylenes is 1. The van der Waals surface area contributed by atoms with Gasteiger partial charge in [0.05, 0.1) is 7.11 Å². The zero-order valence-corrected chi connectivity index (χ0v) is 12.0. The second kappa shape index (κ2) is 7.11. The molecule has 18 heavy (non-hydrogen) atoms. The Hall–Kier alpha value is -1.42. The van der Waals surface area contributed by atoms with Crippen LogP contribution in [0.4, 0.5) is 0 Å². The van der Waals surface area contributed by atoms with Gasteiger partial charge >= 0.3 is 0 Å². The van der Waals surface area contributed by atoms with Crippen molar-refractivity contribution in [2.75, 3.05) is 7.11 Å². The summed E-state index contributed by atoms with van der Waals surface area (Å²) in [6.07, 6.45) is 8.60. The van der Waals surface area contributed by atoms with Crippen molar-refractivity contribution in [1.29, 1.82) is 0 Å². The molecule has 0 aliphatic heterocycles. The highest BCUT2D eigenvalue weighted by Gasteiger charge is 2.14. The van der Waals surface area contributed by atoms with E-state index >= 15 is 0 Å². The Balaban J connectivity index is 3.09. The number of methoxy groups -OCH3 is 1. The molecule has 0 radical (unpaired) electrons. The highest BCUT2D eigenvalue weighted by atomic mass is 16.5. The molecule has 1 unspecified atom stereocenters. The Labute approximate surface area is 112 Å². The van der Waals surface area contributed by atoms with Crippen molar-refractivity contribution < 1.29 is 4.74 Å². The minimum absolute atomic E-state index is 0.466. The first-order chi connectivity index (χ1) is 8.63. The first-order valence-electron chi connectivity index (χ1n) is 6.75. The highest BCUT2D eigenvalue weighted by molar-refractivity contribution is 5.40. The molecular formula is C17H24O. The number of benzene rings is 1. The van der Waals surface area contributed by atoms with Gasteiger partial charge in [0.15, 0.2) is 0 Å². The lowest BCUT2D eigenvalue weighted by Gasteiger charge is -2.18. The van der Waals surface area contributed by atoms with Gasteiger partial charge in [0.2, 0.25) is 0 Å². The zero-order valence-electron chi connectivity index (χ0n) is 12.0. The van der Waals surface area contributed by atoms with Crippen LogP contribution in [0.15, 0.2) is 18.2 Å². The maximum atomic E-state index is 5.48. The summed E-state index contributed by atoms with van der Waals surface area (Å²) in [4.78, 5) is 0. The van der Waals surface area contributed by atoms with Crippen molar-refractivity contribution in [1.82, 2.24) is 0 Å². The third-order valence-corrected chi connectivity index (χ3v) is 3.35. The van der Waals surface area contributed by atoms with Crippen LogP contribution in [-0.4, -0.2) is 7.11 Å². The Morgan fingerprint density at radius 2 is 2.06 bits per heavy atom. The molecule has 0 aromatic heterocycles. The van der Waals surface area contributed by atoms with Crippen molar-refractivity contribution >= 4 is 0 Å². The first-order valence-corrected chi connectivity index (χ1v) is 6.75. The van der Waals surface area contributed by atoms with E-state index in [0.29, 0.717) is 11.8 Å². The van der Waals surface area contributed by atoms with Crippen LogP contribution >= 0.6 is 0 Å². The van der Waals surface area contributed by atoms with Crippen LogP contribution in [0, 0.1) is 12.3 Å². The lowest BCUT2D eigenvalue weighted by Crippen LogP contribution is -2.01. The van der Waals surface area contributed by atoms with Crippen molar-refractivity contribution in [3.8, 4) is 18.1 Å². The molecule has 0 heterocycles. The molecule has 0 N–H and O–H groups in total. The fourth-order valence-electron chi connectivity index (χ4n) is 2.34. The van der Waals surface area contributed by atoms with Gasteiger partial charge in [0, 0.05) is 6.42 Å². The van der Waals surface area contributed by atoms with E-state index in [2.05, 4.69) is 44.9 Å². The Morgan fingerprint density at radius 1 is 1.33 bits per heavy atom. The molecule has 0 amide bonds. The van der Waals surface area contributed by atoms with E-state index in [9.17, 15) is 0 Å². The van der Waals surface area contributed by atoms with E-state index in [1.54, 1.807) is 7.11 Å². The summed E-state index contributed by atoms with van der Waals surface area (Å²) in [5, 5.41) is 0. The summed E-state index contributed by atoms with van der Waals surface area (Å²) in [5.74, 6) is 4.71. The SMILES string of the molecule is C#CCC(CCC)c1ccc(OC)c(C(C)C)c1. The van der Waals surface area contributed by atoms with Gasteiger partial charge in [-0.3, -0.25) is 0 Å². The molecule has 1 aromatic rings. The molecule has 0 fully saturated rings. The molecule has 98 valence electrons. The number of hydrogen-bond acceptors (Lipinski definition) is 1. The third kappa shape index (κ3) is 3.53. The standard InChI is InChI=1S/C17H24O/c1-6-8-14(9-7-2)15-10-11-17(18-5)16(12-15)13(3)4/h1,10-14H,7-9H2,2-5H3. The highest BCUT2D eigenvalue weighted by Crippen LogP contribution is 2.32. The largest absolute Gasteiger partial charge is 0.496 e. The fraction of sp³-hybridized carbons (Fsp3) is 0.529. The van der Waals surface area contributed by atoms with Gasteiger partial charge < -0.3 is 4.74 Å². The molecule has 0 bridgehead atoms. The van der Waals surface area contributed by atoms with E-state index in [4.69, 9.17) is 11.2 Å². The lowest BCUT2D eigenvalue weighted by molar-refractivity contribution is 0.407. The van der Waals surface area contributed by atoms with Crippen LogP contribution < -0.4 is 4.74 Å². The van der Waals surface area contributed by atoms with Crippen molar-refractivity contribution in [2.24, 2.45) is 0 Å². The Kier molecular flexibility index (Phi) is 5.78. The van der Waals surface area contributed by atoms with Gasteiger partial charge in [-0.25, -0.2) is 0 Å². The second-order valence-electron chi connectivity index (χ2n) is 5.05. The normalized spacial score (nSPS) is 12.2. The Bertz CT molecular complexity index is 412. The van der Waals surface area contributed by atoms with E-state index in [1.165, 1.54) is 11.1 Å². The van der Waals surface area contributed by atoms with E-state index < -0.39 is 0 Å². The van der Waals surface area contributed by atoms with Gasteiger partial charge in [0.25, 0.3) is 0 Å². The summed E-state index contributed by atoms with van der Waals surface area (Å²) in [6, 6.07) is 6.49. The Morgan fingerprint density at radius 3 is 2.56 bits per heavy atom. The maximum Gasteiger partial charge on any atom is 0.122 e. The van der Waals surface area contributed by atoms with Crippen molar-refractivity contribution in [2.45, 2.75) is 51.9 Å². The predicted molar refractivity (Wildman–Crippen MR) is 78.2 cm³/mol. The van der Waals surface area contributed by atoms with Crippen LogP contribution in [0.3, 0.4) is 0 Å². The van der Waals surface area contributed by atoms with E-state index in [0.717, 1.165) is 25.0 Å². The molecular weight excluding hydrogens is 220 g/mol. The quantitative estimate of drug-likeness (QED) is 0.658. The number of hydrogen-bond donors (Lipinski definition) is 0. The van der Waals surface area contributed by atoms with Crippen LogP contribution in [0.25, 0.3) is 0 Å². The van der Waals surface area contributed by atoms with Crippen molar-refractivity contribution in [3.63, 3.8) is 0 Å². The zero-order chi connectivity index (χ0) is 13.5. The first kappa shape index (κ1) is 14.6. The molecule has 0 saturated heterocycles. The van der Waals surface area contributed by atoms with E-state index in [-0.39, 0.29) is 0 Å². The molecule has 0 aliphatic rings. The molecule has 0 spiro atoms. The van der Waals surface area contributed by atoms with Gasteiger partial charge in [-0.2, -0.15) is 0 Å². The average Bonchev–Trinajstić information content (AvgIpc) is 2.37. The van der Waals surface area contributed by atoms with Gasteiger partial charge in [-0.15, -0.1) is 12.3 Å². The van der Waals surface area contributed by atoms with Crippen LogP contribution in [0.2, 0.25) is 0 Å². The van der Waals surface area contributed by atoms with Gasteiger partial charge in [-0.05, 0) is 35.4 Å². The summed E-state index contributed by atoms with van der Waals surface area (Å²) >= 11 is 0. The molecule has 0 aliphatic carbocycles. The van der Waals surface area contributed by atoms with Crippen LogP contribution in [-0.2, 0) is 0 Å². The molecule has 1 atom stereocenters. The summed E-state index contributed by atoms with van der Waals surface area (Å²) in [6.45, 7) is 6.59. The average molecular weight is 244 g/mol. The molecule has 0 saturated carbocycles. The summed E-state index contributed by atoms with van der Waals surface area (Å²) < 4.78 is 5.42. The minimum atomic E-state index is 0.466. The summed E-state index contributed by atoms with van der Waals surface area (Å²) in [7, 11) is 1.73. The maximum absolute atomic E-state index is 5.48. The van der Waals surface area contributed by atoms with Gasteiger partial charge in [-0.1, -0.05) is 39.3 Å². The minimum Gasteiger partial charge on any atom is -0.496 e. The van der Waals surface area contributed by atoms with Gasteiger partial charge in [0.1, 0.15) is 5.75 Å². The monoisotopic (exact) mass is 244 g/mol. The molecule has 1 heteroatoms.